The predicted octanol–water partition coefficient (Wildman–Crippen LogP) is -0.523. The van der Waals surface area contributed by atoms with Crippen LogP contribution in [0.2, 0.25) is 0 Å². The van der Waals surface area contributed by atoms with Gasteiger partial charge >= 0.3 is 0 Å². The van der Waals surface area contributed by atoms with Crippen molar-refractivity contribution in [3.05, 3.63) is 60.2 Å². The molecule has 0 bridgehead atoms. The van der Waals surface area contributed by atoms with E-state index < -0.39 is 0 Å². The van der Waals surface area contributed by atoms with E-state index in [-0.39, 0.29) is 12.4 Å². The number of benzene rings is 4. The van der Waals surface area contributed by atoms with Crippen molar-refractivity contribution < 1.29 is 22.8 Å². The van der Waals surface area contributed by atoms with Gasteiger partial charge in [-0.15, -0.1) is 0 Å². The predicted molar refractivity (Wildman–Crippen MR) is 78.1 cm³/mol. The van der Waals surface area contributed by atoms with E-state index in [0.29, 0.717) is 0 Å². The van der Waals surface area contributed by atoms with Crippen molar-refractivity contribution in [3.8, 4) is 0 Å². The Morgan fingerprint density at radius 3 is 2.20 bits per heavy atom. The Kier molecular flexibility index (Phi) is 2.96. The molecule has 4 rings (SSSR count). The lowest BCUT2D eigenvalue weighted by Crippen LogP contribution is -3.00. The highest BCUT2D eigenvalue weighted by Gasteiger charge is 2.11. The summed E-state index contributed by atoms with van der Waals surface area (Å²) in [6, 6.07) is 19.0. The highest BCUT2D eigenvalue weighted by Crippen LogP contribution is 2.35. The fraction of sp³-hybridized carbons (Fsp3) is 0. The lowest BCUT2D eigenvalue weighted by Gasteiger charge is -2.11. The van der Waals surface area contributed by atoms with Crippen molar-refractivity contribution in [2.45, 2.75) is 0 Å². The zero-order valence-electron chi connectivity index (χ0n) is 10.6. The van der Waals surface area contributed by atoms with Crippen LogP contribution in [-0.4, -0.2) is 11.4 Å². The molecule has 4 aromatic rings. The standard InChI is InChI=1S/C17H11NO.ClH/c19-18-10-14-9-13-5-1-3-11-7-8-12-4-2-6-15(14)17(12)16(11)13;/h1-10,19H;1H/b18-10+;. The van der Waals surface area contributed by atoms with Crippen LogP contribution in [-0.2, 0) is 0 Å². The zero-order valence-corrected chi connectivity index (χ0v) is 11.4. The van der Waals surface area contributed by atoms with Crippen LogP contribution in [0.15, 0.2) is 54.6 Å². The quantitative estimate of drug-likeness (QED) is 0.209. The Morgan fingerprint density at radius 2 is 1.45 bits per heavy atom. The molecular formula is C17H12ClNO. The third kappa shape index (κ3) is 1.62. The Balaban J connectivity index is 0.00000121. The van der Waals surface area contributed by atoms with Gasteiger partial charge in [-0.25, -0.2) is 0 Å². The molecule has 0 radical (unpaired) electrons. The molecule has 0 amide bonds. The molecule has 0 atom stereocenters. The minimum Gasteiger partial charge on any atom is -1.00 e. The third-order valence-electron chi connectivity index (χ3n) is 3.76. The molecule has 0 heterocycles. The van der Waals surface area contributed by atoms with Crippen molar-refractivity contribution in [2.75, 3.05) is 0 Å². The summed E-state index contributed by atoms with van der Waals surface area (Å²) in [7, 11) is 0. The van der Waals surface area contributed by atoms with Crippen molar-refractivity contribution in [1.29, 1.82) is 0 Å². The minimum absolute atomic E-state index is 0. The van der Waals surface area contributed by atoms with E-state index in [1.807, 2.05) is 0 Å². The first kappa shape index (κ1) is 12.7. The second-order valence-electron chi connectivity index (χ2n) is 4.79. The van der Waals surface area contributed by atoms with Crippen LogP contribution < -0.4 is 17.6 Å². The molecule has 4 aromatic carbocycles. The molecule has 0 spiro atoms. The third-order valence-corrected chi connectivity index (χ3v) is 3.76. The molecule has 0 aliphatic carbocycles. The summed E-state index contributed by atoms with van der Waals surface area (Å²) in [6.45, 7) is 0. The summed E-state index contributed by atoms with van der Waals surface area (Å²) in [5.41, 5.74) is 0.999. The van der Waals surface area contributed by atoms with Crippen LogP contribution in [0.3, 0.4) is 0 Å². The number of rotatable bonds is 1. The Labute approximate surface area is 122 Å². The van der Waals surface area contributed by atoms with E-state index in [9.17, 15) is 0 Å². The summed E-state index contributed by atoms with van der Waals surface area (Å²) in [5, 5.41) is 18.5. The fourth-order valence-corrected chi connectivity index (χ4v) is 2.98. The van der Waals surface area contributed by atoms with Crippen molar-refractivity contribution in [3.63, 3.8) is 0 Å². The molecule has 2 N–H and O–H groups in total. The molecule has 0 aliphatic rings. The smallest absolute Gasteiger partial charge is 0.220 e. The van der Waals surface area contributed by atoms with Gasteiger partial charge in [0.15, 0.2) is 0 Å². The van der Waals surface area contributed by atoms with Gasteiger partial charge in [-0.05, 0) is 43.5 Å². The van der Waals surface area contributed by atoms with Crippen molar-refractivity contribution in [1.82, 2.24) is 0 Å². The van der Waals surface area contributed by atoms with Gasteiger partial charge in [0.2, 0.25) is 6.21 Å². The SMILES string of the molecule is O/[NH+]=C/c1cc2cccc3ccc4cccc1c4c32.[Cl-]. The molecule has 3 heteroatoms. The second kappa shape index (κ2) is 4.66. The summed E-state index contributed by atoms with van der Waals surface area (Å²) >= 11 is 0. The fourth-order valence-electron chi connectivity index (χ4n) is 2.98. The number of nitrogens with one attached hydrogen (secondary N) is 1. The average Bonchev–Trinajstić information content (AvgIpc) is 2.46. The maximum absolute atomic E-state index is 8.97. The number of halogens is 1. The average molecular weight is 282 g/mol. The van der Waals surface area contributed by atoms with Crippen LogP contribution >= 0.6 is 0 Å². The van der Waals surface area contributed by atoms with Gasteiger partial charge in [0.1, 0.15) is 0 Å². The number of hydrogen-bond donors (Lipinski definition) is 2. The normalized spacial score (nSPS) is 11.6. The highest BCUT2D eigenvalue weighted by molar-refractivity contribution is 6.25. The lowest BCUT2D eigenvalue weighted by molar-refractivity contribution is -0.733. The van der Waals surface area contributed by atoms with Gasteiger partial charge in [-0.3, -0.25) is 5.21 Å². The van der Waals surface area contributed by atoms with E-state index in [4.69, 9.17) is 5.21 Å². The topological polar surface area (TPSA) is 34.2 Å². The summed E-state index contributed by atoms with van der Waals surface area (Å²) in [6.07, 6.45) is 1.63. The van der Waals surface area contributed by atoms with Gasteiger partial charge in [0, 0.05) is 0 Å². The largest absolute Gasteiger partial charge is 1.00 e. The van der Waals surface area contributed by atoms with Gasteiger partial charge in [-0.1, -0.05) is 48.5 Å². The molecule has 0 saturated heterocycles. The van der Waals surface area contributed by atoms with Crippen LogP contribution in [0.25, 0.3) is 32.3 Å². The van der Waals surface area contributed by atoms with Gasteiger partial charge in [0.05, 0.1) is 5.56 Å². The second-order valence-corrected chi connectivity index (χ2v) is 4.79. The molecule has 2 nitrogen and oxygen atoms in total. The van der Waals surface area contributed by atoms with Crippen molar-refractivity contribution >= 4 is 38.5 Å². The van der Waals surface area contributed by atoms with Gasteiger partial charge in [0.25, 0.3) is 0 Å². The molecule has 20 heavy (non-hydrogen) atoms. The van der Waals surface area contributed by atoms with Crippen LogP contribution in [0, 0.1) is 0 Å². The summed E-state index contributed by atoms with van der Waals surface area (Å²) in [5.74, 6) is 0. The molecular weight excluding hydrogens is 270 g/mol. The monoisotopic (exact) mass is 281 g/mol. The molecule has 98 valence electrons. The maximum Gasteiger partial charge on any atom is 0.220 e. The van der Waals surface area contributed by atoms with Crippen LogP contribution in [0.1, 0.15) is 5.56 Å². The Morgan fingerprint density at radius 1 is 0.800 bits per heavy atom. The molecule has 0 saturated carbocycles. The highest BCUT2D eigenvalue weighted by atomic mass is 35.5. The van der Waals surface area contributed by atoms with Crippen LogP contribution in [0.4, 0.5) is 0 Å². The van der Waals surface area contributed by atoms with Gasteiger partial charge < -0.3 is 12.4 Å². The maximum atomic E-state index is 8.97. The van der Waals surface area contributed by atoms with Crippen LogP contribution in [0.5, 0.6) is 0 Å². The van der Waals surface area contributed by atoms with E-state index in [2.05, 4.69) is 59.8 Å². The lowest BCUT2D eigenvalue weighted by atomic mass is 9.92. The Hall–Kier alpha value is -2.32. The minimum atomic E-state index is 0. The first-order valence-corrected chi connectivity index (χ1v) is 6.28. The first-order valence-electron chi connectivity index (χ1n) is 6.28. The Bertz CT molecular complexity index is 930. The summed E-state index contributed by atoms with van der Waals surface area (Å²) < 4.78 is 0. The van der Waals surface area contributed by atoms with E-state index in [1.54, 1.807) is 6.21 Å². The number of hydrogen-bond acceptors (Lipinski definition) is 1. The molecule has 0 aliphatic heterocycles. The summed E-state index contributed by atoms with van der Waals surface area (Å²) in [4.78, 5) is 0. The molecule has 0 unspecified atom stereocenters. The first-order chi connectivity index (χ1) is 9.38. The zero-order chi connectivity index (χ0) is 12.8. The molecule has 0 fully saturated rings. The van der Waals surface area contributed by atoms with Gasteiger partial charge in [-0.2, -0.15) is 0 Å². The van der Waals surface area contributed by atoms with Crippen molar-refractivity contribution in [2.24, 2.45) is 0 Å². The molecule has 0 aromatic heterocycles. The van der Waals surface area contributed by atoms with E-state index in [1.165, 1.54) is 26.9 Å². The van der Waals surface area contributed by atoms with E-state index in [0.717, 1.165) is 10.9 Å². The van der Waals surface area contributed by atoms with E-state index >= 15 is 0 Å².